The van der Waals surface area contributed by atoms with Crippen LogP contribution in [-0.4, -0.2) is 12.6 Å². The van der Waals surface area contributed by atoms with Gasteiger partial charge in [0.25, 0.3) is 0 Å². The molecule has 0 amide bonds. The molecule has 1 atom stereocenters. The molecular weight excluding hydrogens is 158 g/mol. The minimum Gasteiger partial charge on any atom is -0.314 e. The monoisotopic (exact) mass is 183 g/mol. The zero-order valence-electron chi connectivity index (χ0n) is 9.31. The Kier molecular flexibility index (Phi) is 9.56. The molecule has 0 aromatic rings. The molecule has 0 saturated heterocycles. The van der Waals surface area contributed by atoms with E-state index in [1.165, 1.54) is 38.6 Å². The highest BCUT2D eigenvalue weighted by molar-refractivity contribution is 4.71. The van der Waals surface area contributed by atoms with E-state index in [0.29, 0.717) is 0 Å². The van der Waals surface area contributed by atoms with Crippen LogP contribution in [0.5, 0.6) is 0 Å². The number of hydrogen-bond donors (Lipinski definition) is 1. The smallest absolute Gasteiger partial charge is 0.00670 e. The summed E-state index contributed by atoms with van der Waals surface area (Å²) in [7, 11) is 0. The maximum absolute atomic E-state index is 3.75. The zero-order chi connectivity index (χ0) is 9.94. The topological polar surface area (TPSA) is 12.0 Å². The minimum absolute atomic E-state index is 0.741. The molecule has 0 heterocycles. The second-order valence-corrected chi connectivity index (χ2v) is 3.66. The standard InChI is InChI=1S/C12H25N/c1-4-7-8-10-12(9-5-2)13-11-6-3/h4,12-13H,1,5-11H2,2-3H3. The summed E-state index contributed by atoms with van der Waals surface area (Å²) in [4.78, 5) is 0. The molecule has 0 aliphatic rings. The number of nitrogens with one attached hydrogen (secondary N) is 1. The summed E-state index contributed by atoms with van der Waals surface area (Å²) in [6, 6.07) is 0.741. The Labute approximate surface area is 83.6 Å². The third-order valence-corrected chi connectivity index (χ3v) is 2.28. The quantitative estimate of drug-likeness (QED) is 0.426. The van der Waals surface area contributed by atoms with Gasteiger partial charge in [0, 0.05) is 6.04 Å². The first-order valence-corrected chi connectivity index (χ1v) is 5.69. The molecule has 1 nitrogen and oxygen atoms in total. The van der Waals surface area contributed by atoms with Crippen LogP contribution in [0, 0.1) is 0 Å². The third kappa shape index (κ3) is 8.04. The van der Waals surface area contributed by atoms with Crippen molar-refractivity contribution in [3.05, 3.63) is 12.7 Å². The van der Waals surface area contributed by atoms with Gasteiger partial charge in [-0.2, -0.15) is 0 Å². The molecule has 0 aliphatic carbocycles. The fourth-order valence-corrected chi connectivity index (χ4v) is 1.55. The molecule has 0 radical (unpaired) electrons. The molecule has 1 heteroatoms. The van der Waals surface area contributed by atoms with Gasteiger partial charge in [-0.1, -0.05) is 26.3 Å². The number of hydrogen-bond acceptors (Lipinski definition) is 1. The van der Waals surface area contributed by atoms with Crippen molar-refractivity contribution < 1.29 is 0 Å². The van der Waals surface area contributed by atoms with Gasteiger partial charge in [-0.25, -0.2) is 0 Å². The van der Waals surface area contributed by atoms with Crippen molar-refractivity contribution in [3.63, 3.8) is 0 Å². The van der Waals surface area contributed by atoms with Crippen LogP contribution in [0.1, 0.15) is 52.4 Å². The molecule has 0 rings (SSSR count). The normalized spacial score (nSPS) is 12.8. The Balaban J connectivity index is 3.46. The molecular formula is C12H25N. The first-order chi connectivity index (χ1) is 6.35. The number of allylic oxidation sites excluding steroid dienone is 1. The van der Waals surface area contributed by atoms with Crippen LogP contribution >= 0.6 is 0 Å². The first kappa shape index (κ1) is 12.7. The average Bonchev–Trinajstić information content (AvgIpc) is 2.14. The van der Waals surface area contributed by atoms with E-state index in [1.807, 2.05) is 6.08 Å². The molecule has 1 unspecified atom stereocenters. The summed E-state index contributed by atoms with van der Waals surface area (Å²) in [5.41, 5.74) is 0. The molecule has 0 fully saturated rings. The van der Waals surface area contributed by atoms with E-state index in [0.717, 1.165) is 12.5 Å². The SMILES string of the molecule is C=CCCCC(CCC)NCCC. The molecule has 0 spiro atoms. The van der Waals surface area contributed by atoms with Crippen molar-refractivity contribution in [2.24, 2.45) is 0 Å². The van der Waals surface area contributed by atoms with Gasteiger partial charge >= 0.3 is 0 Å². The van der Waals surface area contributed by atoms with Crippen LogP contribution in [0.4, 0.5) is 0 Å². The van der Waals surface area contributed by atoms with Crippen LogP contribution in [-0.2, 0) is 0 Å². The fraction of sp³-hybridized carbons (Fsp3) is 0.833. The van der Waals surface area contributed by atoms with E-state index in [-0.39, 0.29) is 0 Å². The van der Waals surface area contributed by atoms with Crippen LogP contribution in [0.25, 0.3) is 0 Å². The summed E-state index contributed by atoms with van der Waals surface area (Å²) in [5.74, 6) is 0. The van der Waals surface area contributed by atoms with E-state index in [2.05, 4.69) is 25.7 Å². The van der Waals surface area contributed by atoms with Crippen LogP contribution < -0.4 is 5.32 Å². The molecule has 78 valence electrons. The van der Waals surface area contributed by atoms with Crippen molar-refractivity contribution in [3.8, 4) is 0 Å². The predicted octanol–water partition coefficient (Wildman–Crippen LogP) is 3.51. The summed E-state index contributed by atoms with van der Waals surface area (Å²) in [6.07, 6.45) is 9.61. The Hall–Kier alpha value is -0.300. The van der Waals surface area contributed by atoms with Gasteiger partial charge in [0.15, 0.2) is 0 Å². The second kappa shape index (κ2) is 9.79. The van der Waals surface area contributed by atoms with E-state index < -0.39 is 0 Å². The van der Waals surface area contributed by atoms with Crippen LogP contribution in [0.15, 0.2) is 12.7 Å². The van der Waals surface area contributed by atoms with Gasteiger partial charge in [-0.3, -0.25) is 0 Å². The molecule has 0 bridgehead atoms. The molecule has 0 aromatic heterocycles. The van der Waals surface area contributed by atoms with Gasteiger partial charge in [-0.05, 0) is 38.6 Å². The minimum atomic E-state index is 0.741. The van der Waals surface area contributed by atoms with Crippen molar-refractivity contribution in [1.82, 2.24) is 5.32 Å². The molecule has 0 saturated carbocycles. The number of rotatable bonds is 9. The van der Waals surface area contributed by atoms with Crippen molar-refractivity contribution >= 4 is 0 Å². The van der Waals surface area contributed by atoms with E-state index in [1.54, 1.807) is 0 Å². The summed E-state index contributed by atoms with van der Waals surface area (Å²) < 4.78 is 0. The lowest BCUT2D eigenvalue weighted by Gasteiger charge is -2.17. The summed E-state index contributed by atoms with van der Waals surface area (Å²) >= 11 is 0. The third-order valence-electron chi connectivity index (χ3n) is 2.28. The maximum atomic E-state index is 3.75. The van der Waals surface area contributed by atoms with Gasteiger partial charge < -0.3 is 5.32 Å². The lowest BCUT2D eigenvalue weighted by molar-refractivity contribution is 0.439. The van der Waals surface area contributed by atoms with Gasteiger partial charge in [0.05, 0.1) is 0 Å². The lowest BCUT2D eigenvalue weighted by Crippen LogP contribution is -2.29. The van der Waals surface area contributed by atoms with Gasteiger partial charge in [-0.15, -0.1) is 6.58 Å². The second-order valence-electron chi connectivity index (χ2n) is 3.66. The lowest BCUT2D eigenvalue weighted by atomic mass is 10.0. The van der Waals surface area contributed by atoms with Crippen molar-refractivity contribution in [2.75, 3.05) is 6.54 Å². The molecule has 13 heavy (non-hydrogen) atoms. The average molecular weight is 183 g/mol. The summed E-state index contributed by atoms with van der Waals surface area (Å²) in [6.45, 7) is 9.39. The Morgan fingerprint density at radius 2 is 2.00 bits per heavy atom. The molecule has 0 aromatic carbocycles. The van der Waals surface area contributed by atoms with E-state index in [9.17, 15) is 0 Å². The van der Waals surface area contributed by atoms with E-state index in [4.69, 9.17) is 0 Å². The molecule has 1 N–H and O–H groups in total. The summed E-state index contributed by atoms with van der Waals surface area (Å²) in [5, 5.41) is 3.59. The van der Waals surface area contributed by atoms with Crippen molar-refractivity contribution in [1.29, 1.82) is 0 Å². The highest BCUT2D eigenvalue weighted by atomic mass is 14.9. The number of unbranched alkanes of at least 4 members (excludes halogenated alkanes) is 1. The predicted molar refractivity (Wildman–Crippen MR) is 61.0 cm³/mol. The largest absolute Gasteiger partial charge is 0.314 e. The van der Waals surface area contributed by atoms with Crippen LogP contribution in [0.3, 0.4) is 0 Å². The van der Waals surface area contributed by atoms with E-state index >= 15 is 0 Å². The highest BCUT2D eigenvalue weighted by Gasteiger charge is 2.04. The highest BCUT2D eigenvalue weighted by Crippen LogP contribution is 2.07. The maximum Gasteiger partial charge on any atom is 0.00670 e. The van der Waals surface area contributed by atoms with Gasteiger partial charge in [0.1, 0.15) is 0 Å². The Morgan fingerprint density at radius 1 is 1.23 bits per heavy atom. The van der Waals surface area contributed by atoms with Gasteiger partial charge in [0.2, 0.25) is 0 Å². The van der Waals surface area contributed by atoms with Crippen molar-refractivity contribution in [2.45, 2.75) is 58.4 Å². The Bertz CT molecular complexity index is 110. The Morgan fingerprint density at radius 3 is 2.54 bits per heavy atom. The zero-order valence-corrected chi connectivity index (χ0v) is 9.31. The first-order valence-electron chi connectivity index (χ1n) is 5.69. The fourth-order valence-electron chi connectivity index (χ4n) is 1.55. The van der Waals surface area contributed by atoms with Crippen LogP contribution in [0.2, 0.25) is 0 Å². The molecule has 0 aliphatic heterocycles.